The Morgan fingerprint density at radius 3 is 2.31 bits per heavy atom. The number of nitrogens with one attached hydrogen (secondary N) is 1. The maximum Gasteiger partial charge on any atom is 0.250 e. The molecule has 0 aliphatic heterocycles. The number of ether oxygens (including phenoxy) is 2. The van der Waals surface area contributed by atoms with Crippen molar-refractivity contribution in [3.63, 3.8) is 0 Å². The Balaban J connectivity index is 2.48. The van der Waals surface area contributed by atoms with Gasteiger partial charge in [-0.15, -0.1) is 0 Å². The van der Waals surface area contributed by atoms with E-state index in [1.165, 1.54) is 35.7 Å². The van der Waals surface area contributed by atoms with E-state index in [9.17, 15) is 13.2 Å². The van der Waals surface area contributed by atoms with Crippen LogP contribution in [0.3, 0.4) is 0 Å². The lowest BCUT2D eigenvalue weighted by atomic mass is 10.2. The van der Waals surface area contributed by atoms with Gasteiger partial charge in [-0.05, 0) is 36.4 Å². The first-order chi connectivity index (χ1) is 13.7. The summed E-state index contributed by atoms with van der Waals surface area (Å²) in [6.45, 7) is 3.95. The molecule has 10 heteroatoms. The lowest BCUT2D eigenvalue weighted by Gasteiger charge is -2.20. The average Bonchev–Trinajstić information content (AvgIpc) is 2.66. The van der Waals surface area contributed by atoms with Gasteiger partial charge in [0.15, 0.2) is 5.75 Å². The van der Waals surface area contributed by atoms with Gasteiger partial charge in [-0.2, -0.15) is 4.31 Å². The van der Waals surface area contributed by atoms with Gasteiger partial charge in [0, 0.05) is 25.2 Å². The number of amides is 1. The largest absolute Gasteiger partial charge is 0.454 e. The van der Waals surface area contributed by atoms with Crippen molar-refractivity contribution < 1.29 is 22.7 Å². The summed E-state index contributed by atoms with van der Waals surface area (Å²) < 4.78 is 37.6. The first kappa shape index (κ1) is 23.4. The molecular formula is C19H22Cl2N2O5S. The van der Waals surface area contributed by atoms with Crippen LogP contribution in [-0.2, 0) is 19.6 Å². The standard InChI is InChI=1S/C19H22Cl2N2O5S/c1-4-23(5-2)29(25,26)14-7-9-18(16(11-14)22-19(24)12-27-3)28-17-8-6-13(20)10-15(17)21/h6-11H,4-5,12H2,1-3H3,(H,22,24). The monoisotopic (exact) mass is 460 g/mol. The van der Waals surface area contributed by atoms with Crippen LogP contribution in [0.5, 0.6) is 11.5 Å². The summed E-state index contributed by atoms with van der Waals surface area (Å²) in [6.07, 6.45) is 0. The number of benzene rings is 2. The first-order valence-electron chi connectivity index (χ1n) is 8.78. The van der Waals surface area contributed by atoms with Crippen molar-refractivity contribution >= 4 is 44.8 Å². The third-order valence-corrected chi connectivity index (χ3v) is 6.53. The Morgan fingerprint density at radius 1 is 1.07 bits per heavy atom. The minimum Gasteiger partial charge on any atom is -0.454 e. The number of methoxy groups -OCH3 is 1. The molecule has 0 atom stereocenters. The Morgan fingerprint density at radius 2 is 1.72 bits per heavy atom. The number of carbonyl (C=O) groups excluding carboxylic acids is 1. The summed E-state index contributed by atoms with van der Waals surface area (Å²) in [7, 11) is -2.34. The summed E-state index contributed by atoms with van der Waals surface area (Å²) in [4.78, 5) is 12.1. The van der Waals surface area contributed by atoms with Crippen molar-refractivity contribution in [3.8, 4) is 11.5 Å². The van der Waals surface area contributed by atoms with E-state index in [2.05, 4.69) is 5.32 Å². The second-order valence-electron chi connectivity index (χ2n) is 5.91. The molecule has 0 aliphatic carbocycles. The van der Waals surface area contributed by atoms with Crippen molar-refractivity contribution in [1.82, 2.24) is 4.31 Å². The highest BCUT2D eigenvalue weighted by atomic mass is 35.5. The van der Waals surface area contributed by atoms with E-state index in [1.807, 2.05) is 0 Å². The zero-order chi connectivity index (χ0) is 21.6. The molecule has 0 heterocycles. The number of nitrogens with zero attached hydrogens (tertiary/aromatic N) is 1. The molecule has 0 unspecified atom stereocenters. The number of rotatable bonds is 9. The fourth-order valence-corrected chi connectivity index (χ4v) is 4.49. The van der Waals surface area contributed by atoms with Gasteiger partial charge in [-0.1, -0.05) is 37.0 Å². The molecule has 0 aromatic heterocycles. The quantitative estimate of drug-likeness (QED) is 0.599. The van der Waals surface area contributed by atoms with Crippen molar-refractivity contribution in [2.24, 2.45) is 0 Å². The molecular weight excluding hydrogens is 439 g/mol. The molecule has 0 fully saturated rings. The van der Waals surface area contributed by atoms with Crippen molar-refractivity contribution in [1.29, 1.82) is 0 Å². The molecule has 2 rings (SSSR count). The summed E-state index contributed by atoms with van der Waals surface area (Å²) in [5.74, 6) is 0.0618. The predicted octanol–water partition coefficient (Wildman–Crippen LogP) is 4.40. The van der Waals surface area contributed by atoms with Gasteiger partial charge in [0.25, 0.3) is 0 Å². The Bertz CT molecular complexity index is 979. The molecule has 0 radical (unpaired) electrons. The van der Waals surface area contributed by atoms with E-state index in [0.29, 0.717) is 23.9 Å². The fourth-order valence-electron chi connectivity index (χ4n) is 2.56. The van der Waals surface area contributed by atoms with E-state index in [0.717, 1.165) is 0 Å². The first-order valence-corrected chi connectivity index (χ1v) is 11.0. The van der Waals surface area contributed by atoms with Gasteiger partial charge in [0.05, 0.1) is 15.6 Å². The average molecular weight is 461 g/mol. The molecule has 29 heavy (non-hydrogen) atoms. The minimum atomic E-state index is -3.72. The van der Waals surface area contributed by atoms with Crippen molar-refractivity contribution in [2.45, 2.75) is 18.7 Å². The number of carbonyl (C=O) groups is 1. The number of hydrogen-bond acceptors (Lipinski definition) is 5. The van der Waals surface area contributed by atoms with Gasteiger partial charge in [-0.25, -0.2) is 8.42 Å². The van der Waals surface area contributed by atoms with Gasteiger partial charge >= 0.3 is 0 Å². The summed E-state index contributed by atoms with van der Waals surface area (Å²) in [6, 6.07) is 8.92. The molecule has 0 spiro atoms. The summed E-state index contributed by atoms with van der Waals surface area (Å²) in [5.41, 5.74) is 0.172. The summed E-state index contributed by atoms with van der Waals surface area (Å²) in [5, 5.41) is 3.32. The zero-order valence-electron chi connectivity index (χ0n) is 16.2. The van der Waals surface area contributed by atoms with Gasteiger partial charge in [0.2, 0.25) is 15.9 Å². The molecule has 1 N–H and O–H groups in total. The molecule has 7 nitrogen and oxygen atoms in total. The van der Waals surface area contributed by atoms with E-state index < -0.39 is 15.9 Å². The van der Waals surface area contributed by atoms with Crippen LogP contribution in [-0.4, -0.2) is 45.4 Å². The van der Waals surface area contributed by atoms with Crippen molar-refractivity contribution in [3.05, 3.63) is 46.4 Å². The molecule has 2 aromatic carbocycles. The van der Waals surface area contributed by atoms with Crippen LogP contribution in [0.15, 0.2) is 41.3 Å². The fraction of sp³-hybridized carbons (Fsp3) is 0.316. The van der Waals surface area contributed by atoms with Crippen LogP contribution in [0.1, 0.15) is 13.8 Å². The van der Waals surface area contributed by atoms with Crippen LogP contribution in [0, 0.1) is 0 Å². The van der Waals surface area contributed by atoms with Gasteiger partial charge < -0.3 is 14.8 Å². The number of hydrogen-bond donors (Lipinski definition) is 1. The highest BCUT2D eigenvalue weighted by molar-refractivity contribution is 7.89. The topological polar surface area (TPSA) is 84.9 Å². The number of anilines is 1. The van der Waals surface area contributed by atoms with Crippen LogP contribution in [0.25, 0.3) is 0 Å². The molecule has 158 valence electrons. The van der Waals surface area contributed by atoms with E-state index in [4.69, 9.17) is 32.7 Å². The molecule has 0 aliphatic rings. The molecule has 0 saturated carbocycles. The normalized spacial score (nSPS) is 11.5. The molecule has 0 bridgehead atoms. The molecule has 2 aromatic rings. The third kappa shape index (κ3) is 5.83. The zero-order valence-corrected chi connectivity index (χ0v) is 18.6. The Hall–Kier alpha value is -1.84. The Kier molecular flexibility index (Phi) is 8.30. The van der Waals surface area contributed by atoms with E-state index in [1.54, 1.807) is 26.0 Å². The highest BCUT2D eigenvalue weighted by Gasteiger charge is 2.23. The minimum absolute atomic E-state index is 0.0310. The smallest absolute Gasteiger partial charge is 0.250 e. The highest BCUT2D eigenvalue weighted by Crippen LogP contribution is 2.36. The van der Waals surface area contributed by atoms with Crippen LogP contribution < -0.4 is 10.1 Å². The van der Waals surface area contributed by atoms with Gasteiger partial charge in [-0.3, -0.25) is 4.79 Å². The Labute approximate surface area is 180 Å². The molecule has 1 amide bonds. The van der Waals surface area contributed by atoms with Gasteiger partial charge in [0.1, 0.15) is 12.4 Å². The predicted molar refractivity (Wildman–Crippen MR) is 114 cm³/mol. The van der Waals surface area contributed by atoms with Crippen LogP contribution in [0.4, 0.5) is 5.69 Å². The maximum absolute atomic E-state index is 12.8. The van der Waals surface area contributed by atoms with Crippen molar-refractivity contribution in [2.75, 3.05) is 32.1 Å². The second-order valence-corrected chi connectivity index (χ2v) is 8.69. The molecule has 0 saturated heterocycles. The third-order valence-electron chi connectivity index (χ3n) is 3.96. The van der Waals surface area contributed by atoms with E-state index in [-0.39, 0.29) is 28.0 Å². The van der Waals surface area contributed by atoms with Crippen LogP contribution >= 0.6 is 23.2 Å². The van der Waals surface area contributed by atoms with Crippen LogP contribution in [0.2, 0.25) is 10.0 Å². The SMILES string of the molecule is CCN(CC)S(=O)(=O)c1ccc(Oc2ccc(Cl)cc2Cl)c(NC(=O)COC)c1. The lowest BCUT2D eigenvalue weighted by molar-refractivity contribution is -0.119. The lowest BCUT2D eigenvalue weighted by Crippen LogP contribution is -2.30. The number of sulfonamides is 1. The maximum atomic E-state index is 12.8. The number of halogens is 2. The van der Waals surface area contributed by atoms with E-state index >= 15 is 0 Å². The second kappa shape index (κ2) is 10.3. The summed E-state index contributed by atoms with van der Waals surface area (Å²) >= 11 is 12.1.